The van der Waals surface area contributed by atoms with E-state index in [-0.39, 0.29) is 5.82 Å². The number of aryl methyl sites for hydroxylation is 1. The Morgan fingerprint density at radius 3 is 2.78 bits per heavy atom. The van der Waals surface area contributed by atoms with Gasteiger partial charge >= 0.3 is 0 Å². The van der Waals surface area contributed by atoms with Crippen LogP contribution >= 0.6 is 0 Å². The molecule has 116 valence electrons. The number of aromatic amines is 1. The normalized spacial score (nSPS) is 11.6. The second-order valence-corrected chi connectivity index (χ2v) is 5.45. The van der Waals surface area contributed by atoms with E-state index in [0.717, 1.165) is 41.9 Å². The molecule has 0 saturated carbocycles. The van der Waals surface area contributed by atoms with E-state index in [0.29, 0.717) is 11.6 Å². The Morgan fingerprint density at radius 2 is 2.00 bits per heavy atom. The van der Waals surface area contributed by atoms with Gasteiger partial charge in [0.25, 0.3) is 0 Å². The van der Waals surface area contributed by atoms with Gasteiger partial charge in [-0.3, -0.25) is 5.10 Å². The Kier molecular flexibility index (Phi) is 3.25. The van der Waals surface area contributed by atoms with Gasteiger partial charge in [0.1, 0.15) is 11.6 Å². The fourth-order valence-electron chi connectivity index (χ4n) is 2.61. The van der Waals surface area contributed by atoms with Crippen molar-refractivity contribution < 1.29 is 4.39 Å². The van der Waals surface area contributed by atoms with E-state index in [1.54, 1.807) is 18.3 Å². The zero-order valence-electron chi connectivity index (χ0n) is 12.6. The number of nitrogens with one attached hydrogen (secondary N) is 1. The summed E-state index contributed by atoms with van der Waals surface area (Å²) < 4.78 is 15.0. The molecule has 6 nitrogen and oxygen atoms in total. The third kappa shape index (κ3) is 2.34. The lowest BCUT2D eigenvalue weighted by atomic mass is 10.2. The lowest BCUT2D eigenvalue weighted by Gasteiger charge is -2.05. The van der Waals surface area contributed by atoms with E-state index in [4.69, 9.17) is 0 Å². The summed E-state index contributed by atoms with van der Waals surface area (Å²) >= 11 is 0. The molecule has 0 unspecified atom stereocenters. The van der Waals surface area contributed by atoms with E-state index >= 15 is 0 Å². The minimum Gasteiger partial charge on any atom is -0.274 e. The Bertz CT molecular complexity index is 924. The van der Waals surface area contributed by atoms with Crippen LogP contribution in [0.1, 0.15) is 25.6 Å². The minimum absolute atomic E-state index is 0.269. The number of halogens is 1. The average molecular weight is 310 g/mol. The quantitative estimate of drug-likeness (QED) is 0.628. The molecule has 4 rings (SSSR count). The van der Waals surface area contributed by atoms with E-state index in [1.807, 2.05) is 4.52 Å². The van der Waals surface area contributed by atoms with Crippen LogP contribution < -0.4 is 0 Å². The van der Waals surface area contributed by atoms with Gasteiger partial charge in [-0.15, -0.1) is 5.10 Å². The van der Waals surface area contributed by atoms with Gasteiger partial charge in [0.2, 0.25) is 0 Å². The number of rotatable bonds is 4. The molecule has 1 aromatic carbocycles. The highest BCUT2D eigenvalue weighted by Crippen LogP contribution is 2.25. The Balaban J connectivity index is 1.91. The van der Waals surface area contributed by atoms with Gasteiger partial charge < -0.3 is 0 Å². The van der Waals surface area contributed by atoms with Crippen molar-refractivity contribution in [2.75, 3.05) is 0 Å². The molecule has 0 aliphatic carbocycles. The highest BCUT2D eigenvalue weighted by Gasteiger charge is 2.19. The summed E-state index contributed by atoms with van der Waals surface area (Å²) in [6.45, 7) is 2.14. The first-order valence-electron chi connectivity index (χ1n) is 7.61. The van der Waals surface area contributed by atoms with Crippen LogP contribution in [0.3, 0.4) is 0 Å². The fraction of sp³-hybridized carbons (Fsp3) is 0.250. The van der Waals surface area contributed by atoms with E-state index in [2.05, 4.69) is 32.2 Å². The maximum absolute atomic E-state index is 13.1. The third-order valence-corrected chi connectivity index (χ3v) is 3.83. The summed E-state index contributed by atoms with van der Waals surface area (Å²) in [6, 6.07) is 6.24. The number of H-pyrrole nitrogens is 1. The summed E-state index contributed by atoms with van der Waals surface area (Å²) in [6.07, 6.45) is 4.59. The highest BCUT2D eigenvalue weighted by atomic mass is 19.1. The topological polar surface area (TPSA) is 71.8 Å². The molecule has 0 spiro atoms. The molecule has 0 fully saturated rings. The molecule has 23 heavy (non-hydrogen) atoms. The molecule has 1 aromatic heterocycles. The highest BCUT2D eigenvalue weighted by molar-refractivity contribution is 5.74. The van der Waals surface area contributed by atoms with Gasteiger partial charge in [-0.05, 0) is 30.7 Å². The zero-order valence-corrected chi connectivity index (χ0v) is 12.6. The second-order valence-electron chi connectivity index (χ2n) is 5.45. The lowest BCUT2D eigenvalue weighted by Crippen LogP contribution is -2.05. The molecule has 2 aliphatic rings. The average Bonchev–Trinajstić information content (AvgIpc) is 3.19. The number of fused-ring (bicyclic) bond motifs is 3. The van der Waals surface area contributed by atoms with E-state index in [1.165, 1.54) is 12.1 Å². The van der Waals surface area contributed by atoms with Crippen LogP contribution in [0.25, 0.3) is 28.4 Å². The van der Waals surface area contributed by atoms with Crippen LogP contribution in [-0.2, 0) is 6.42 Å². The van der Waals surface area contributed by atoms with E-state index in [9.17, 15) is 4.39 Å². The summed E-state index contributed by atoms with van der Waals surface area (Å²) in [7, 11) is 0. The SMILES string of the molecule is CCCCc1nc2nncc-2c2nc(-c3ccc(F)cc3)[nH]n12. The van der Waals surface area contributed by atoms with Crippen LogP contribution in [0, 0.1) is 5.82 Å². The van der Waals surface area contributed by atoms with Crippen molar-refractivity contribution in [3.8, 4) is 22.8 Å². The third-order valence-electron chi connectivity index (χ3n) is 3.83. The number of hydrogen-bond donors (Lipinski definition) is 1. The van der Waals surface area contributed by atoms with Gasteiger partial charge in [-0.2, -0.15) is 5.10 Å². The number of hydrogen-bond acceptors (Lipinski definition) is 4. The van der Waals surface area contributed by atoms with Gasteiger partial charge in [0.05, 0.1) is 11.8 Å². The number of benzene rings is 1. The standard InChI is InChI=1S/C16H15FN6/c1-2-3-4-13-19-15-12(9-18-21-15)16-20-14(22-23(13)16)10-5-7-11(17)8-6-10/h5-9H,2-4H2,1H3,(H,20,22). The summed E-state index contributed by atoms with van der Waals surface area (Å²) in [5.41, 5.74) is 2.36. The number of unbranched alkanes of at least 4 members (excludes halogenated alkanes) is 1. The fourth-order valence-corrected chi connectivity index (χ4v) is 2.61. The summed E-state index contributed by atoms with van der Waals surface area (Å²) in [5.74, 6) is 1.87. The van der Waals surface area contributed by atoms with Crippen LogP contribution in [0.2, 0.25) is 0 Å². The maximum Gasteiger partial charge on any atom is 0.188 e. The molecule has 0 atom stereocenters. The molecule has 2 aromatic rings. The maximum atomic E-state index is 13.1. The molecule has 3 heterocycles. The Hall–Kier alpha value is -2.83. The van der Waals surface area contributed by atoms with Crippen molar-refractivity contribution in [1.82, 2.24) is 29.8 Å². The smallest absolute Gasteiger partial charge is 0.188 e. The first kappa shape index (κ1) is 13.8. The summed E-state index contributed by atoms with van der Waals surface area (Å²) in [5, 5.41) is 11.2. The van der Waals surface area contributed by atoms with Crippen molar-refractivity contribution >= 4 is 5.65 Å². The van der Waals surface area contributed by atoms with Crippen molar-refractivity contribution in [2.24, 2.45) is 0 Å². The van der Waals surface area contributed by atoms with E-state index < -0.39 is 0 Å². The molecule has 7 heteroatoms. The molecular formula is C16H15FN6. The second kappa shape index (κ2) is 5.42. The first-order valence-corrected chi connectivity index (χ1v) is 7.61. The van der Waals surface area contributed by atoms with Gasteiger partial charge in [-0.25, -0.2) is 18.9 Å². The van der Waals surface area contributed by atoms with Gasteiger partial charge in [-0.1, -0.05) is 13.3 Å². The Morgan fingerprint density at radius 1 is 1.17 bits per heavy atom. The zero-order chi connectivity index (χ0) is 15.8. The molecule has 1 N–H and O–H groups in total. The predicted octanol–water partition coefficient (Wildman–Crippen LogP) is 3.10. The van der Waals surface area contributed by atoms with Crippen molar-refractivity contribution in [3.63, 3.8) is 0 Å². The van der Waals surface area contributed by atoms with Crippen molar-refractivity contribution in [1.29, 1.82) is 0 Å². The van der Waals surface area contributed by atoms with Crippen LogP contribution in [0.4, 0.5) is 4.39 Å². The van der Waals surface area contributed by atoms with Crippen molar-refractivity contribution in [2.45, 2.75) is 26.2 Å². The van der Waals surface area contributed by atoms with Crippen LogP contribution in [0.15, 0.2) is 30.5 Å². The lowest BCUT2D eigenvalue weighted by molar-refractivity contribution is 0.628. The van der Waals surface area contributed by atoms with Crippen molar-refractivity contribution in [3.05, 3.63) is 42.1 Å². The number of nitrogens with zero attached hydrogens (tertiary/aromatic N) is 5. The summed E-state index contributed by atoms with van der Waals surface area (Å²) in [4.78, 5) is 9.23. The van der Waals surface area contributed by atoms with Gasteiger partial charge in [0.15, 0.2) is 17.3 Å². The van der Waals surface area contributed by atoms with Gasteiger partial charge in [0, 0.05) is 12.0 Å². The molecule has 0 radical (unpaired) electrons. The van der Waals surface area contributed by atoms with Crippen LogP contribution in [0.5, 0.6) is 0 Å². The monoisotopic (exact) mass is 310 g/mol. The molecule has 0 bridgehead atoms. The molecular weight excluding hydrogens is 295 g/mol. The van der Waals surface area contributed by atoms with Crippen LogP contribution in [-0.4, -0.2) is 29.8 Å². The number of aromatic nitrogens is 6. The minimum atomic E-state index is -0.269. The largest absolute Gasteiger partial charge is 0.274 e. The first-order chi connectivity index (χ1) is 11.3. The molecule has 0 amide bonds. The predicted molar refractivity (Wildman–Crippen MR) is 83.6 cm³/mol. The Labute approximate surface area is 131 Å². The molecule has 0 saturated heterocycles. The molecule has 2 aliphatic heterocycles.